The van der Waals surface area contributed by atoms with Crippen LogP contribution < -0.4 is 0 Å². The minimum atomic E-state index is -0.741. The SMILES string of the molecule is C[C@@H](CCCC(=O)O)OCc1ccccc1. The van der Waals surface area contributed by atoms with Crippen molar-refractivity contribution < 1.29 is 14.6 Å². The van der Waals surface area contributed by atoms with Gasteiger partial charge in [0.05, 0.1) is 12.7 Å². The van der Waals surface area contributed by atoms with Gasteiger partial charge in [0.1, 0.15) is 0 Å². The van der Waals surface area contributed by atoms with Gasteiger partial charge >= 0.3 is 5.97 Å². The van der Waals surface area contributed by atoms with E-state index in [1.165, 1.54) is 0 Å². The van der Waals surface area contributed by atoms with Gasteiger partial charge in [-0.3, -0.25) is 4.79 Å². The van der Waals surface area contributed by atoms with Crippen LogP contribution in [0, 0.1) is 0 Å². The lowest BCUT2D eigenvalue weighted by atomic mass is 10.1. The summed E-state index contributed by atoms with van der Waals surface area (Å²) in [6.45, 7) is 2.57. The van der Waals surface area contributed by atoms with Gasteiger partial charge in [0, 0.05) is 6.42 Å². The summed E-state index contributed by atoms with van der Waals surface area (Å²) >= 11 is 0. The van der Waals surface area contributed by atoms with Crippen LogP contribution in [-0.2, 0) is 16.1 Å². The third kappa shape index (κ3) is 5.51. The first-order chi connectivity index (χ1) is 7.68. The van der Waals surface area contributed by atoms with Gasteiger partial charge in [-0.2, -0.15) is 0 Å². The van der Waals surface area contributed by atoms with E-state index in [0.717, 1.165) is 12.0 Å². The molecular formula is C13H18O3. The first kappa shape index (κ1) is 12.7. The molecule has 0 unspecified atom stereocenters. The number of carbonyl (C=O) groups is 1. The van der Waals surface area contributed by atoms with E-state index in [2.05, 4.69) is 0 Å². The van der Waals surface area contributed by atoms with Gasteiger partial charge in [-0.1, -0.05) is 30.3 Å². The lowest BCUT2D eigenvalue weighted by molar-refractivity contribution is -0.137. The molecule has 1 N–H and O–H groups in total. The molecule has 1 rings (SSSR count). The van der Waals surface area contributed by atoms with E-state index in [4.69, 9.17) is 9.84 Å². The van der Waals surface area contributed by atoms with E-state index in [9.17, 15) is 4.79 Å². The summed E-state index contributed by atoms with van der Waals surface area (Å²) < 4.78 is 5.62. The Bertz CT molecular complexity index is 308. The average Bonchev–Trinajstić information content (AvgIpc) is 2.27. The van der Waals surface area contributed by atoms with Crippen molar-refractivity contribution in [2.24, 2.45) is 0 Å². The molecule has 0 fully saturated rings. The van der Waals surface area contributed by atoms with E-state index < -0.39 is 5.97 Å². The highest BCUT2D eigenvalue weighted by atomic mass is 16.5. The van der Waals surface area contributed by atoms with E-state index >= 15 is 0 Å². The predicted octanol–water partition coefficient (Wildman–Crippen LogP) is 2.85. The summed E-state index contributed by atoms with van der Waals surface area (Å²) in [5.74, 6) is -0.741. The maximum absolute atomic E-state index is 10.3. The van der Waals surface area contributed by atoms with E-state index in [0.29, 0.717) is 13.0 Å². The number of rotatable bonds is 7. The second-order valence-corrected chi connectivity index (χ2v) is 3.89. The van der Waals surface area contributed by atoms with Crippen LogP contribution >= 0.6 is 0 Å². The van der Waals surface area contributed by atoms with Crippen LogP contribution in [0.5, 0.6) is 0 Å². The molecule has 1 aromatic carbocycles. The monoisotopic (exact) mass is 222 g/mol. The Balaban J connectivity index is 2.15. The van der Waals surface area contributed by atoms with Crippen LogP contribution in [-0.4, -0.2) is 17.2 Å². The molecule has 1 aromatic rings. The molecule has 0 aromatic heterocycles. The molecule has 0 aliphatic carbocycles. The Morgan fingerprint density at radius 1 is 1.38 bits per heavy atom. The van der Waals surface area contributed by atoms with Gasteiger partial charge in [0.15, 0.2) is 0 Å². The smallest absolute Gasteiger partial charge is 0.303 e. The Hall–Kier alpha value is -1.35. The van der Waals surface area contributed by atoms with Crippen molar-refractivity contribution in [1.82, 2.24) is 0 Å². The highest BCUT2D eigenvalue weighted by Gasteiger charge is 2.04. The van der Waals surface area contributed by atoms with Crippen molar-refractivity contribution in [3.8, 4) is 0 Å². The molecule has 0 saturated carbocycles. The zero-order chi connectivity index (χ0) is 11.8. The summed E-state index contributed by atoms with van der Waals surface area (Å²) in [5, 5.41) is 8.49. The van der Waals surface area contributed by atoms with Gasteiger partial charge in [-0.05, 0) is 25.3 Å². The molecule has 88 valence electrons. The van der Waals surface area contributed by atoms with Crippen LogP contribution in [0.15, 0.2) is 30.3 Å². The molecule has 3 nitrogen and oxygen atoms in total. The average molecular weight is 222 g/mol. The van der Waals surface area contributed by atoms with Crippen molar-refractivity contribution in [3.05, 3.63) is 35.9 Å². The van der Waals surface area contributed by atoms with Crippen molar-refractivity contribution >= 4 is 5.97 Å². The molecule has 16 heavy (non-hydrogen) atoms. The second kappa shape index (κ2) is 7.01. The van der Waals surface area contributed by atoms with Crippen LogP contribution in [0.3, 0.4) is 0 Å². The Morgan fingerprint density at radius 3 is 2.69 bits per heavy atom. The lowest BCUT2D eigenvalue weighted by Gasteiger charge is -2.12. The predicted molar refractivity (Wildman–Crippen MR) is 62.2 cm³/mol. The molecule has 0 aliphatic heterocycles. The summed E-state index contributed by atoms with van der Waals surface area (Å²) in [7, 11) is 0. The van der Waals surface area contributed by atoms with Crippen molar-refractivity contribution in [2.45, 2.75) is 38.9 Å². The van der Waals surface area contributed by atoms with Crippen molar-refractivity contribution in [1.29, 1.82) is 0 Å². The standard InChI is InChI=1S/C13H18O3/c1-11(6-5-9-13(14)15)16-10-12-7-3-2-4-8-12/h2-4,7-8,11H,5-6,9-10H2,1H3,(H,14,15)/t11-/m0/s1. The second-order valence-electron chi connectivity index (χ2n) is 3.89. The fourth-order valence-electron chi connectivity index (χ4n) is 1.44. The number of aliphatic carboxylic acids is 1. The van der Waals surface area contributed by atoms with Gasteiger partial charge in [-0.15, -0.1) is 0 Å². The summed E-state index contributed by atoms with van der Waals surface area (Å²) in [4.78, 5) is 10.3. The summed E-state index contributed by atoms with van der Waals surface area (Å²) in [6, 6.07) is 9.97. The zero-order valence-electron chi connectivity index (χ0n) is 9.56. The molecule has 0 bridgehead atoms. The number of carboxylic acids is 1. The minimum absolute atomic E-state index is 0.111. The maximum Gasteiger partial charge on any atom is 0.303 e. The fourth-order valence-corrected chi connectivity index (χ4v) is 1.44. The molecule has 0 heterocycles. The normalized spacial score (nSPS) is 12.3. The van der Waals surface area contributed by atoms with E-state index in [-0.39, 0.29) is 12.5 Å². The lowest BCUT2D eigenvalue weighted by Crippen LogP contribution is -2.09. The quantitative estimate of drug-likeness (QED) is 0.771. The van der Waals surface area contributed by atoms with Gasteiger partial charge < -0.3 is 9.84 Å². The molecule has 1 atom stereocenters. The minimum Gasteiger partial charge on any atom is -0.481 e. The van der Waals surface area contributed by atoms with Gasteiger partial charge in [-0.25, -0.2) is 0 Å². The van der Waals surface area contributed by atoms with E-state index in [1.54, 1.807) is 0 Å². The third-order valence-corrected chi connectivity index (χ3v) is 2.38. The molecule has 0 amide bonds. The van der Waals surface area contributed by atoms with Crippen LogP contribution in [0.25, 0.3) is 0 Å². The molecule has 0 radical (unpaired) electrons. The Kier molecular flexibility index (Phi) is 5.57. The highest BCUT2D eigenvalue weighted by Crippen LogP contribution is 2.08. The topological polar surface area (TPSA) is 46.5 Å². The molecule has 0 aliphatic rings. The molecule has 0 saturated heterocycles. The fraction of sp³-hybridized carbons (Fsp3) is 0.462. The summed E-state index contributed by atoms with van der Waals surface area (Å²) in [5.41, 5.74) is 1.15. The zero-order valence-corrected chi connectivity index (χ0v) is 9.56. The molecular weight excluding hydrogens is 204 g/mol. The molecule has 0 spiro atoms. The number of hydrogen-bond acceptors (Lipinski definition) is 2. The Labute approximate surface area is 96.1 Å². The third-order valence-electron chi connectivity index (χ3n) is 2.38. The Morgan fingerprint density at radius 2 is 2.06 bits per heavy atom. The largest absolute Gasteiger partial charge is 0.481 e. The van der Waals surface area contributed by atoms with Crippen LogP contribution in [0.4, 0.5) is 0 Å². The highest BCUT2D eigenvalue weighted by molar-refractivity contribution is 5.66. The summed E-state index contributed by atoms with van der Waals surface area (Å²) in [6.07, 6.45) is 1.79. The maximum atomic E-state index is 10.3. The van der Waals surface area contributed by atoms with Crippen LogP contribution in [0.2, 0.25) is 0 Å². The number of benzene rings is 1. The van der Waals surface area contributed by atoms with Crippen molar-refractivity contribution in [3.63, 3.8) is 0 Å². The number of ether oxygens (including phenoxy) is 1. The molecule has 3 heteroatoms. The van der Waals surface area contributed by atoms with Crippen molar-refractivity contribution in [2.75, 3.05) is 0 Å². The first-order valence-electron chi connectivity index (χ1n) is 5.56. The van der Waals surface area contributed by atoms with Gasteiger partial charge in [0.25, 0.3) is 0 Å². The van der Waals surface area contributed by atoms with Crippen LogP contribution in [0.1, 0.15) is 31.7 Å². The number of carboxylic acid groups (broad SMARTS) is 1. The first-order valence-corrected chi connectivity index (χ1v) is 5.56. The van der Waals surface area contributed by atoms with E-state index in [1.807, 2.05) is 37.3 Å². The van der Waals surface area contributed by atoms with Gasteiger partial charge in [0.2, 0.25) is 0 Å². The number of hydrogen-bond donors (Lipinski definition) is 1.